The summed E-state index contributed by atoms with van der Waals surface area (Å²) in [5.41, 5.74) is 1.40. The molecule has 0 N–H and O–H groups in total. The number of hydrogen-bond donors (Lipinski definition) is 0. The Morgan fingerprint density at radius 1 is 0.972 bits per heavy atom. The molecule has 2 aromatic carbocycles. The third kappa shape index (κ3) is 4.33. The summed E-state index contributed by atoms with van der Waals surface area (Å²) < 4.78 is 31.0. The molecule has 7 heteroatoms. The summed E-state index contributed by atoms with van der Waals surface area (Å²) in [6, 6.07) is 15.7. The number of fused-ring (bicyclic) bond motifs is 1. The van der Waals surface area contributed by atoms with Crippen molar-refractivity contribution in [2.24, 2.45) is 0 Å². The minimum absolute atomic E-state index is 0.0152. The molecule has 5 rings (SSSR count). The smallest absolute Gasteiger partial charge is 0.255 e. The summed E-state index contributed by atoms with van der Waals surface area (Å²) >= 11 is 6.60. The molecule has 0 saturated carbocycles. The van der Waals surface area contributed by atoms with E-state index < -0.39 is 22.9 Å². The van der Waals surface area contributed by atoms with Gasteiger partial charge in [-0.2, -0.15) is 0 Å². The van der Waals surface area contributed by atoms with Crippen LogP contribution in [0.4, 0.5) is 8.78 Å². The fourth-order valence-electron chi connectivity index (χ4n) is 5.26. The maximum Gasteiger partial charge on any atom is 0.255 e. The van der Waals surface area contributed by atoms with Gasteiger partial charge in [-0.05, 0) is 70.5 Å². The van der Waals surface area contributed by atoms with Crippen LogP contribution in [0.15, 0.2) is 65.5 Å². The largest absolute Gasteiger partial charge is 0.290 e. The monoisotopic (exact) mass is 507 g/mol. The fourth-order valence-corrected chi connectivity index (χ4v) is 5.49. The zero-order chi connectivity index (χ0) is 25.6. The van der Waals surface area contributed by atoms with Crippen molar-refractivity contribution in [2.75, 3.05) is 6.54 Å². The molecule has 1 fully saturated rings. The Kier molecular flexibility index (Phi) is 6.43. The minimum atomic E-state index is -0.809. The maximum atomic E-state index is 15.0. The van der Waals surface area contributed by atoms with E-state index in [1.54, 1.807) is 12.1 Å². The molecule has 0 bridgehead atoms. The summed E-state index contributed by atoms with van der Waals surface area (Å²) in [4.78, 5) is 20.6. The summed E-state index contributed by atoms with van der Waals surface area (Å²) in [6.07, 6.45) is 3.02. The molecule has 3 heterocycles. The van der Waals surface area contributed by atoms with Gasteiger partial charge in [0.15, 0.2) is 0 Å². The Labute approximate surface area is 214 Å². The van der Waals surface area contributed by atoms with Gasteiger partial charge in [0, 0.05) is 27.6 Å². The summed E-state index contributed by atoms with van der Waals surface area (Å²) in [7, 11) is 0. The fraction of sp³-hybridized carbons (Fsp3) is 0.310. The second-order valence-corrected chi connectivity index (χ2v) is 10.7. The molecule has 1 aliphatic heterocycles. The van der Waals surface area contributed by atoms with Gasteiger partial charge in [-0.3, -0.25) is 19.2 Å². The number of aromatic nitrogens is 2. The van der Waals surface area contributed by atoms with Crippen molar-refractivity contribution < 1.29 is 8.78 Å². The van der Waals surface area contributed by atoms with Crippen LogP contribution in [-0.2, 0) is 0 Å². The van der Waals surface area contributed by atoms with Crippen LogP contribution < -0.4 is 5.56 Å². The quantitative estimate of drug-likeness (QED) is 0.292. The van der Waals surface area contributed by atoms with Crippen molar-refractivity contribution in [3.05, 3.63) is 93.4 Å². The van der Waals surface area contributed by atoms with E-state index in [1.165, 1.54) is 12.1 Å². The first-order valence-electron chi connectivity index (χ1n) is 12.2. The molecule has 0 radical (unpaired) electrons. The molecule has 36 heavy (non-hydrogen) atoms. The van der Waals surface area contributed by atoms with Gasteiger partial charge in [-0.15, -0.1) is 0 Å². The number of hydrogen-bond acceptors (Lipinski definition) is 3. The van der Waals surface area contributed by atoms with Crippen molar-refractivity contribution >= 4 is 22.5 Å². The molecule has 4 aromatic rings. The zero-order valence-corrected chi connectivity index (χ0v) is 21.3. The normalized spacial score (nSPS) is 17.0. The summed E-state index contributed by atoms with van der Waals surface area (Å²) in [6.45, 7) is 7.43. The van der Waals surface area contributed by atoms with E-state index in [9.17, 15) is 13.6 Å². The number of pyridine rings is 2. The van der Waals surface area contributed by atoms with Crippen LogP contribution in [0, 0.1) is 11.6 Å². The Morgan fingerprint density at radius 2 is 1.69 bits per heavy atom. The first kappa shape index (κ1) is 24.6. The van der Waals surface area contributed by atoms with E-state index in [-0.39, 0.29) is 11.6 Å². The van der Waals surface area contributed by atoms with E-state index in [1.807, 2.05) is 24.3 Å². The molecule has 1 saturated heterocycles. The van der Waals surface area contributed by atoms with Gasteiger partial charge in [-0.1, -0.05) is 42.3 Å². The molecule has 0 amide bonds. The van der Waals surface area contributed by atoms with Gasteiger partial charge in [0.25, 0.3) is 5.56 Å². The van der Waals surface area contributed by atoms with E-state index >= 15 is 0 Å². The van der Waals surface area contributed by atoms with Crippen LogP contribution >= 0.6 is 11.6 Å². The molecule has 186 valence electrons. The predicted octanol–water partition coefficient (Wildman–Crippen LogP) is 7.31. The lowest BCUT2D eigenvalue weighted by atomic mass is 9.91. The highest BCUT2D eigenvalue weighted by Crippen LogP contribution is 2.39. The molecule has 4 nitrogen and oxygen atoms in total. The number of rotatable bonds is 3. The molecule has 0 spiro atoms. The molecule has 1 atom stereocenters. The topological polar surface area (TPSA) is 38.1 Å². The molecule has 1 aliphatic rings. The number of likely N-dealkylation sites (tertiary alicyclic amines) is 1. The molecular weight excluding hydrogens is 480 g/mol. The van der Waals surface area contributed by atoms with E-state index in [2.05, 4.69) is 25.7 Å². The molecule has 2 aromatic heterocycles. The first-order valence-corrected chi connectivity index (χ1v) is 12.6. The average molecular weight is 508 g/mol. The van der Waals surface area contributed by atoms with E-state index in [0.29, 0.717) is 27.2 Å². The Hall–Kier alpha value is -3.09. The van der Waals surface area contributed by atoms with Gasteiger partial charge < -0.3 is 0 Å². The highest BCUT2D eigenvalue weighted by atomic mass is 35.5. The van der Waals surface area contributed by atoms with Crippen LogP contribution in [0.25, 0.3) is 27.8 Å². The molecule has 0 aliphatic carbocycles. The lowest BCUT2D eigenvalue weighted by Crippen LogP contribution is -2.46. The standard InChI is InChI=1S/C29H28ClF2N3O/c1-29(2,3)34-16-7-6-13-24(34)23-17-25-19(27(33-23)18-9-4-5-10-20(18)30)14-15-26(36)35(25)28-21(31)11-8-12-22(28)32/h4-5,8-12,14-15,17,24H,6-7,13,16H2,1-3H3. The SMILES string of the molecule is CC(C)(C)N1CCCCC1c1cc2c(ccc(=O)n2-c2c(F)cccc2F)c(-c2ccccc2Cl)n1. The second-order valence-electron chi connectivity index (χ2n) is 10.3. The van der Waals surface area contributed by atoms with Crippen molar-refractivity contribution in [3.8, 4) is 16.9 Å². The van der Waals surface area contributed by atoms with E-state index in [4.69, 9.17) is 16.6 Å². The zero-order valence-electron chi connectivity index (χ0n) is 20.6. The number of halogens is 3. The Balaban J connectivity index is 1.88. The van der Waals surface area contributed by atoms with Crippen molar-refractivity contribution in [1.82, 2.24) is 14.5 Å². The van der Waals surface area contributed by atoms with Gasteiger partial charge in [0.2, 0.25) is 0 Å². The van der Waals surface area contributed by atoms with Gasteiger partial charge in [0.1, 0.15) is 17.3 Å². The van der Waals surface area contributed by atoms with Crippen LogP contribution in [0.1, 0.15) is 51.8 Å². The minimum Gasteiger partial charge on any atom is -0.290 e. The number of para-hydroxylation sites is 1. The van der Waals surface area contributed by atoms with Crippen molar-refractivity contribution in [1.29, 1.82) is 0 Å². The lowest BCUT2D eigenvalue weighted by molar-refractivity contribution is 0.0489. The van der Waals surface area contributed by atoms with Gasteiger partial charge in [0.05, 0.1) is 22.9 Å². The summed E-state index contributed by atoms with van der Waals surface area (Å²) in [5, 5.41) is 1.10. The number of benzene rings is 2. The van der Waals surface area contributed by atoms with Crippen LogP contribution in [0.3, 0.4) is 0 Å². The Morgan fingerprint density at radius 3 is 2.39 bits per heavy atom. The predicted molar refractivity (Wildman–Crippen MR) is 141 cm³/mol. The van der Waals surface area contributed by atoms with Crippen LogP contribution in [0.5, 0.6) is 0 Å². The molecule has 1 unspecified atom stereocenters. The van der Waals surface area contributed by atoms with Gasteiger partial charge in [-0.25, -0.2) is 8.78 Å². The van der Waals surface area contributed by atoms with Crippen LogP contribution in [-0.4, -0.2) is 26.5 Å². The van der Waals surface area contributed by atoms with E-state index in [0.717, 1.165) is 48.2 Å². The van der Waals surface area contributed by atoms with Crippen molar-refractivity contribution in [2.45, 2.75) is 51.6 Å². The number of piperidine rings is 1. The molecular formula is C29H28ClF2N3O. The average Bonchev–Trinajstić information content (AvgIpc) is 2.84. The highest BCUT2D eigenvalue weighted by Gasteiger charge is 2.33. The second kappa shape index (κ2) is 9.41. The van der Waals surface area contributed by atoms with Crippen molar-refractivity contribution in [3.63, 3.8) is 0 Å². The third-order valence-corrected chi connectivity index (χ3v) is 7.24. The van der Waals surface area contributed by atoms with Gasteiger partial charge >= 0.3 is 0 Å². The lowest BCUT2D eigenvalue weighted by Gasteiger charge is -2.44. The summed E-state index contributed by atoms with van der Waals surface area (Å²) in [5.74, 6) is -1.62. The highest BCUT2D eigenvalue weighted by molar-refractivity contribution is 6.33. The number of nitrogens with zero attached hydrogens (tertiary/aromatic N) is 3. The first-order chi connectivity index (χ1) is 17.2. The Bertz CT molecular complexity index is 1490. The third-order valence-electron chi connectivity index (χ3n) is 6.91. The van der Waals surface area contributed by atoms with Crippen LogP contribution in [0.2, 0.25) is 5.02 Å². The maximum absolute atomic E-state index is 15.0.